The Morgan fingerprint density at radius 2 is 2.19 bits per heavy atom. The van der Waals surface area contributed by atoms with Crippen molar-refractivity contribution in [1.29, 1.82) is 0 Å². The molecule has 1 N–H and O–H groups in total. The number of ether oxygens (including phenoxy) is 1. The van der Waals surface area contributed by atoms with E-state index in [2.05, 4.69) is 32.2 Å². The van der Waals surface area contributed by atoms with Crippen molar-refractivity contribution in [2.75, 3.05) is 6.54 Å². The third-order valence-corrected chi connectivity index (χ3v) is 5.68. The van der Waals surface area contributed by atoms with E-state index in [1.807, 2.05) is 11.3 Å². The van der Waals surface area contributed by atoms with E-state index in [9.17, 15) is 0 Å². The van der Waals surface area contributed by atoms with E-state index in [1.165, 1.54) is 53.8 Å². The maximum absolute atomic E-state index is 6.21. The van der Waals surface area contributed by atoms with Crippen LogP contribution >= 0.6 is 11.3 Å². The van der Waals surface area contributed by atoms with Crippen LogP contribution in [0.15, 0.2) is 6.07 Å². The van der Waals surface area contributed by atoms with Gasteiger partial charge in [-0.3, -0.25) is 0 Å². The Morgan fingerprint density at radius 1 is 1.33 bits per heavy atom. The van der Waals surface area contributed by atoms with Crippen molar-refractivity contribution in [3.05, 3.63) is 21.4 Å². The summed E-state index contributed by atoms with van der Waals surface area (Å²) in [7, 11) is 0. The number of thiophene rings is 1. The van der Waals surface area contributed by atoms with Gasteiger partial charge in [0.15, 0.2) is 0 Å². The second-order valence-corrected chi connectivity index (χ2v) is 7.69. The van der Waals surface area contributed by atoms with Crippen molar-refractivity contribution in [3.8, 4) is 0 Å². The fourth-order valence-electron chi connectivity index (χ4n) is 3.18. The molecule has 1 aliphatic carbocycles. The maximum Gasteiger partial charge on any atom is 0.0731 e. The normalized spacial score (nSPS) is 22.6. The Kier molecular flexibility index (Phi) is 7.21. The maximum atomic E-state index is 6.21. The van der Waals surface area contributed by atoms with E-state index in [1.54, 1.807) is 0 Å². The molecular formula is C18H31NOS. The predicted octanol–water partition coefficient (Wildman–Crippen LogP) is 5.04. The van der Waals surface area contributed by atoms with Crippen molar-refractivity contribution in [1.82, 2.24) is 5.32 Å². The highest BCUT2D eigenvalue weighted by Gasteiger charge is 2.21. The van der Waals surface area contributed by atoms with Gasteiger partial charge in [0.1, 0.15) is 0 Å². The lowest BCUT2D eigenvalue weighted by Crippen LogP contribution is -2.22. The van der Waals surface area contributed by atoms with Crippen molar-refractivity contribution in [2.24, 2.45) is 5.92 Å². The summed E-state index contributed by atoms with van der Waals surface area (Å²) in [6, 6.07) is 2.34. The zero-order valence-electron chi connectivity index (χ0n) is 13.9. The van der Waals surface area contributed by atoms with Crippen LogP contribution in [0.4, 0.5) is 0 Å². The molecule has 1 fully saturated rings. The topological polar surface area (TPSA) is 21.3 Å². The predicted molar refractivity (Wildman–Crippen MR) is 91.9 cm³/mol. The fourth-order valence-corrected chi connectivity index (χ4v) is 4.20. The van der Waals surface area contributed by atoms with Crippen LogP contribution in [0.3, 0.4) is 0 Å². The van der Waals surface area contributed by atoms with E-state index in [-0.39, 0.29) is 0 Å². The fraction of sp³-hybridized carbons (Fsp3) is 0.778. The molecule has 2 nitrogen and oxygen atoms in total. The summed E-state index contributed by atoms with van der Waals surface area (Å²) in [6.07, 6.45) is 8.27. The van der Waals surface area contributed by atoms with Crippen LogP contribution in [0.1, 0.15) is 67.7 Å². The molecule has 2 unspecified atom stereocenters. The van der Waals surface area contributed by atoms with Gasteiger partial charge in [0, 0.05) is 16.3 Å². The molecule has 2 rings (SSSR count). The minimum Gasteiger partial charge on any atom is -0.373 e. The van der Waals surface area contributed by atoms with Crippen molar-refractivity contribution in [2.45, 2.75) is 78.6 Å². The Hall–Kier alpha value is -0.380. The smallest absolute Gasteiger partial charge is 0.0731 e. The molecule has 0 saturated heterocycles. The first kappa shape index (κ1) is 17.0. The monoisotopic (exact) mass is 309 g/mol. The molecule has 0 aromatic carbocycles. The van der Waals surface area contributed by atoms with Crippen LogP contribution in [0, 0.1) is 12.8 Å². The number of hydrogen-bond acceptors (Lipinski definition) is 3. The van der Waals surface area contributed by atoms with Crippen molar-refractivity contribution in [3.63, 3.8) is 0 Å². The van der Waals surface area contributed by atoms with E-state index >= 15 is 0 Å². The summed E-state index contributed by atoms with van der Waals surface area (Å²) in [5.74, 6) is 0.890. The van der Waals surface area contributed by atoms with Gasteiger partial charge in [0.05, 0.1) is 12.7 Å². The lowest BCUT2D eigenvalue weighted by atomic mass is 9.85. The highest BCUT2D eigenvalue weighted by Crippen LogP contribution is 2.30. The van der Waals surface area contributed by atoms with Gasteiger partial charge >= 0.3 is 0 Å². The summed E-state index contributed by atoms with van der Waals surface area (Å²) in [5.41, 5.74) is 1.40. The van der Waals surface area contributed by atoms with E-state index in [0.717, 1.165) is 25.6 Å². The molecule has 1 aromatic rings. The van der Waals surface area contributed by atoms with Gasteiger partial charge in [-0.2, -0.15) is 0 Å². The van der Waals surface area contributed by atoms with Crippen LogP contribution in [-0.4, -0.2) is 12.6 Å². The molecule has 21 heavy (non-hydrogen) atoms. The SMILES string of the molecule is CCCNCc1cc(COC2CCCC(CC)C2)c(C)s1. The first-order valence-corrected chi connectivity index (χ1v) is 9.45. The zero-order chi connectivity index (χ0) is 15.1. The van der Waals surface area contributed by atoms with Gasteiger partial charge in [0.25, 0.3) is 0 Å². The lowest BCUT2D eigenvalue weighted by molar-refractivity contribution is 0.00172. The van der Waals surface area contributed by atoms with Crippen LogP contribution in [0.5, 0.6) is 0 Å². The molecule has 0 spiro atoms. The van der Waals surface area contributed by atoms with Gasteiger partial charge in [-0.05, 0) is 50.3 Å². The van der Waals surface area contributed by atoms with Gasteiger partial charge in [-0.1, -0.05) is 33.1 Å². The van der Waals surface area contributed by atoms with Crippen molar-refractivity contribution >= 4 is 11.3 Å². The molecule has 0 aliphatic heterocycles. The quantitative estimate of drug-likeness (QED) is 0.679. The number of rotatable bonds is 8. The summed E-state index contributed by atoms with van der Waals surface area (Å²) >= 11 is 1.91. The second-order valence-electron chi connectivity index (χ2n) is 6.34. The highest BCUT2D eigenvalue weighted by molar-refractivity contribution is 7.12. The largest absolute Gasteiger partial charge is 0.373 e. The molecule has 0 radical (unpaired) electrons. The average molecular weight is 310 g/mol. The second kappa shape index (κ2) is 8.92. The van der Waals surface area contributed by atoms with E-state index < -0.39 is 0 Å². The van der Waals surface area contributed by atoms with Crippen molar-refractivity contribution < 1.29 is 4.74 Å². The first-order chi connectivity index (χ1) is 10.2. The Morgan fingerprint density at radius 3 is 2.95 bits per heavy atom. The molecule has 1 heterocycles. The lowest BCUT2D eigenvalue weighted by Gasteiger charge is -2.28. The van der Waals surface area contributed by atoms with Crippen LogP contribution < -0.4 is 5.32 Å². The summed E-state index contributed by atoms with van der Waals surface area (Å²) < 4.78 is 6.21. The zero-order valence-corrected chi connectivity index (χ0v) is 14.7. The molecule has 1 aliphatic rings. The Labute approximate surface area is 134 Å². The molecule has 0 amide bonds. The minimum atomic E-state index is 0.490. The molecule has 3 heteroatoms. The van der Waals surface area contributed by atoms with Crippen LogP contribution in [0.25, 0.3) is 0 Å². The molecule has 0 bridgehead atoms. The molecule has 2 atom stereocenters. The summed E-state index contributed by atoms with van der Waals surface area (Å²) in [5, 5.41) is 3.48. The molecule has 120 valence electrons. The Balaban J connectivity index is 1.79. The number of hydrogen-bond donors (Lipinski definition) is 1. The van der Waals surface area contributed by atoms with Gasteiger partial charge < -0.3 is 10.1 Å². The van der Waals surface area contributed by atoms with Crippen LogP contribution in [-0.2, 0) is 17.9 Å². The van der Waals surface area contributed by atoms with E-state index in [4.69, 9.17) is 4.74 Å². The number of aryl methyl sites for hydroxylation is 1. The van der Waals surface area contributed by atoms with Gasteiger partial charge in [-0.25, -0.2) is 0 Å². The molecule has 1 aromatic heterocycles. The number of nitrogens with one attached hydrogen (secondary N) is 1. The van der Waals surface area contributed by atoms with Gasteiger partial charge in [-0.15, -0.1) is 11.3 Å². The molecule has 1 saturated carbocycles. The summed E-state index contributed by atoms with van der Waals surface area (Å²) in [4.78, 5) is 2.86. The summed E-state index contributed by atoms with van der Waals surface area (Å²) in [6.45, 7) is 9.65. The average Bonchev–Trinajstić information content (AvgIpc) is 2.86. The Bertz CT molecular complexity index is 415. The minimum absolute atomic E-state index is 0.490. The highest BCUT2D eigenvalue weighted by atomic mass is 32.1. The van der Waals surface area contributed by atoms with Crippen LogP contribution in [0.2, 0.25) is 0 Å². The van der Waals surface area contributed by atoms with E-state index in [0.29, 0.717) is 6.10 Å². The standard InChI is InChI=1S/C18H31NOS/c1-4-9-19-12-18-11-16(14(3)21-18)13-20-17-8-6-7-15(5-2)10-17/h11,15,17,19H,4-10,12-13H2,1-3H3. The third-order valence-electron chi connectivity index (χ3n) is 4.58. The third kappa shape index (κ3) is 5.39. The van der Waals surface area contributed by atoms with Gasteiger partial charge in [0.2, 0.25) is 0 Å². The first-order valence-electron chi connectivity index (χ1n) is 8.63. The molecular weight excluding hydrogens is 278 g/mol.